The second-order valence-corrected chi connectivity index (χ2v) is 6.49. The predicted octanol–water partition coefficient (Wildman–Crippen LogP) is 4.15. The van der Waals surface area contributed by atoms with Crippen LogP contribution >= 0.6 is 0 Å². The van der Waals surface area contributed by atoms with Crippen LogP contribution in [0.4, 0.5) is 0 Å². The van der Waals surface area contributed by atoms with Crippen molar-refractivity contribution in [2.75, 3.05) is 6.61 Å². The van der Waals surface area contributed by atoms with E-state index >= 15 is 0 Å². The first-order valence-electron chi connectivity index (χ1n) is 7.68. The van der Waals surface area contributed by atoms with Gasteiger partial charge in [-0.1, -0.05) is 34.6 Å². The van der Waals surface area contributed by atoms with E-state index in [4.69, 9.17) is 4.74 Å². The third-order valence-corrected chi connectivity index (χ3v) is 3.22. The lowest BCUT2D eigenvalue weighted by Crippen LogP contribution is -2.29. The molecule has 0 aromatic carbocycles. The minimum atomic E-state index is -0.819. The topological polar surface area (TPSA) is 42.4 Å². The molecule has 114 valence electrons. The van der Waals surface area contributed by atoms with Crippen LogP contribution in [0.3, 0.4) is 0 Å². The first-order chi connectivity index (χ1) is 9.37. The lowest BCUT2D eigenvalue weighted by atomic mass is 9.80. The van der Waals surface area contributed by atoms with Gasteiger partial charge >= 0.3 is 0 Å². The Morgan fingerprint density at radius 2 is 1.75 bits per heavy atom. The Kier molecular flexibility index (Phi) is 6.47. The van der Waals surface area contributed by atoms with Crippen molar-refractivity contribution < 1.29 is 9.84 Å². The second kappa shape index (κ2) is 7.63. The van der Waals surface area contributed by atoms with Gasteiger partial charge in [-0.05, 0) is 37.2 Å². The van der Waals surface area contributed by atoms with Gasteiger partial charge in [0, 0.05) is 11.8 Å². The van der Waals surface area contributed by atoms with Crippen molar-refractivity contribution in [1.82, 2.24) is 4.98 Å². The van der Waals surface area contributed by atoms with E-state index < -0.39 is 5.60 Å². The molecular formula is C17H29NO2. The Labute approximate surface area is 123 Å². The summed E-state index contributed by atoms with van der Waals surface area (Å²) in [5, 5.41) is 11.1. The largest absolute Gasteiger partial charge is 0.492 e. The Bertz CT molecular complexity index is 392. The third kappa shape index (κ3) is 5.12. The van der Waals surface area contributed by atoms with E-state index in [1.807, 2.05) is 6.07 Å². The number of nitrogens with zero attached hydrogens (tertiary/aromatic N) is 1. The normalized spacial score (nSPS) is 12.2. The molecule has 0 aliphatic carbocycles. The molecule has 0 bridgehead atoms. The summed E-state index contributed by atoms with van der Waals surface area (Å²) < 4.78 is 5.63. The Hall–Kier alpha value is -1.09. The molecule has 1 aromatic rings. The molecule has 20 heavy (non-hydrogen) atoms. The van der Waals surface area contributed by atoms with Crippen molar-refractivity contribution >= 4 is 0 Å². The van der Waals surface area contributed by atoms with Crippen LogP contribution in [-0.4, -0.2) is 16.7 Å². The van der Waals surface area contributed by atoms with Crippen molar-refractivity contribution in [2.24, 2.45) is 11.8 Å². The molecule has 0 aliphatic rings. The van der Waals surface area contributed by atoms with Gasteiger partial charge in [0.2, 0.25) is 0 Å². The van der Waals surface area contributed by atoms with Crippen molar-refractivity contribution in [1.29, 1.82) is 0 Å². The van der Waals surface area contributed by atoms with Crippen LogP contribution in [0.5, 0.6) is 5.75 Å². The number of aromatic nitrogens is 1. The lowest BCUT2D eigenvalue weighted by molar-refractivity contribution is -0.00501. The molecule has 0 saturated heterocycles. The third-order valence-electron chi connectivity index (χ3n) is 3.22. The molecule has 0 spiro atoms. The van der Waals surface area contributed by atoms with Crippen LogP contribution in [0.2, 0.25) is 0 Å². The molecular weight excluding hydrogens is 250 g/mol. The summed E-state index contributed by atoms with van der Waals surface area (Å²) in [4.78, 5) is 4.23. The van der Waals surface area contributed by atoms with Crippen molar-refractivity contribution in [3.63, 3.8) is 0 Å². The summed E-state index contributed by atoms with van der Waals surface area (Å²) in [6, 6.07) is 1.94. The number of hydrogen-bond donors (Lipinski definition) is 1. The van der Waals surface area contributed by atoms with Gasteiger partial charge < -0.3 is 9.84 Å². The highest BCUT2D eigenvalue weighted by Crippen LogP contribution is 2.35. The quantitative estimate of drug-likeness (QED) is 0.777. The lowest BCUT2D eigenvalue weighted by Gasteiger charge is -2.32. The Morgan fingerprint density at radius 3 is 2.25 bits per heavy atom. The molecule has 1 aromatic heterocycles. The molecule has 0 unspecified atom stereocenters. The zero-order valence-corrected chi connectivity index (χ0v) is 13.5. The summed E-state index contributed by atoms with van der Waals surface area (Å²) >= 11 is 0. The molecule has 0 radical (unpaired) electrons. The highest BCUT2D eigenvalue weighted by atomic mass is 16.5. The van der Waals surface area contributed by atoms with Crippen LogP contribution < -0.4 is 4.74 Å². The first-order valence-corrected chi connectivity index (χ1v) is 7.68. The van der Waals surface area contributed by atoms with E-state index in [9.17, 15) is 5.11 Å². The number of rotatable bonds is 8. The summed E-state index contributed by atoms with van der Waals surface area (Å²) in [6.07, 6.45) is 5.93. The van der Waals surface area contributed by atoms with Gasteiger partial charge in [-0.25, -0.2) is 0 Å². The number of hydrogen-bond acceptors (Lipinski definition) is 3. The van der Waals surface area contributed by atoms with Crippen LogP contribution in [-0.2, 0) is 5.60 Å². The van der Waals surface area contributed by atoms with Crippen LogP contribution in [0.15, 0.2) is 18.5 Å². The van der Waals surface area contributed by atoms with E-state index in [0.29, 0.717) is 18.4 Å². The van der Waals surface area contributed by atoms with Crippen molar-refractivity contribution in [3.05, 3.63) is 24.0 Å². The molecule has 1 heterocycles. The molecule has 0 saturated carbocycles. The fourth-order valence-electron chi connectivity index (χ4n) is 2.64. The smallest absolute Gasteiger partial charge is 0.137 e. The average Bonchev–Trinajstić information content (AvgIpc) is 2.34. The summed E-state index contributed by atoms with van der Waals surface area (Å²) in [7, 11) is 0. The second-order valence-electron chi connectivity index (χ2n) is 6.49. The van der Waals surface area contributed by atoms with Gasteiger partial charge in [0.15, 0.2) is 0 Å². The fraction of sp³-hybridized carbons (Fsp3) is 0.706. The number of pyridine rings is 1. The van der Waals surface area contributed by atoms with Crippen molar-refractivity contribution in [3.8, 4) is 5.75 Å². The molecule has 1 N–H and O–H groups in total. The van der Waals surface area contributed by atoms with E-state index in [2.05, 4.69) is 39.6 Å². The monoisotopic (exact) mass is 279 g/mol. The van der Waals surface area contributed by atoms with Gasteiger partial charge in [0.1, 0.15) is 5.75 Å². The molecule has 0 aliphatic heterocycles. The zero-order chi connectivity index (χ0) is 15.2. The zero-order valence-electron chi connectivity index (χ0n) is 13.5. The van der Waals surface area contributed by atoms with Gasteiger partial charge in [-0.3, -0.25) is 4.98 Å². The molecule has 0 atom stereocenters. The van der Waals surface area contributed by atoms with E-state index in [0.717, 1.165) is 30.6 Å². The Balaban J connectivity index is 3.00. The van der Waals surface area contributed by atoms with Crippen molar-refractivity contribution in [2.45, 2.75) is 59.5 Å². The highest BCUT2D eigenvalue weighted by Gasteiger charge is 2.31. The molecule has 3 nitrogen and oxygen atoms in total. The summed E-state index contributed by atoms with van der Waals surface area (Å²) in [5.41, 5.74) is 0.0505. The number of ether oxygens (including phenoxy) is 1. The predicted molar refractivity (Wildman–Crippen MR) is 82.8 cm³/mol. The first kappa shape index (κ1) is 17.0. The fourth-order valence-corrected chi connectivity index (χ4v) is 2.64. The Morgan fingerprint density at radius 1 is 1.15 bits per heavy atom. The summed E-state index contributed by atoms with van der Waals surface area (Å²) in [6.45, 7) is 11.3. The van der Waals surface area contributed by atoms with Gasteiger partial charge in [0.05, 0.1) is 18.4 Å². The van der Waals surface area contributed by atoms with Crippen LogP contribution in [0.25, 0.3) is 0 Å². The average molecular weight is 279 g/mol. The minimum Gasteiger partial charge on any atom is -0.492 e. The molecule has 1 rings (SSSR count). The molecule has 0 amide bonds. The van der Waals surface area contributed by atoms with Crippen LogP contribution in [0.1, 0.15) is 59.4 Å². The number of aliphatic hydroxyl groups is 1. The molecule has 0 fully saturated rings. The van der Waals surface area contributed by atoms with E-state index in [1.54, 1.807) is 12.4 Å². The van der Waals surface area contributed by atoms with Crippen LogP contribution in [0, 0.1) is 11.8 Å². The van der Waals surface area contributed by atoms with Gasteiger partial charge in [-0.15, -0.1) is 0 Å². The maximum Gasteiger partial charge on any atom is 0.137 e. The maximum absolute atomic E-state index is 11.1. The van der Waals surface area contributed by atoms with Gasteiger partial charge in [-0.2, -0.15) is 0 Å². The van der Waals surface area contributed by atoms with E-state index in [1.165, 1.54) is 0 Å². The SMILES string of the molecule is CCCOc1cncc(C(O)(CC(C)C)CC(C)C)c1. The summed E-state index contributed by atoms with van der Waals surface area (Å²) in [5.74, 6) is 1.60. The van der Waals surface area contributed by atoms with Gasteiger partial charge in [0.25, 0.3) is 0 Å². The van der Waals surface area contributed by atoms with E-state index in [-0.39, 0.29) is 0 Å². The maximum atomic E-state index is 11.1. The minimum absolute atomic E-state index is 0.430. The standard InChI is InChI=1S/C17H29NO2/c1-6-7-20-16-8-15(11-18-12-16)17(19,9-13(2)3)10-14(4)5/h8,11-14,19H,6-7,9-10H2,1-5H3. The highest BCUT2D eigenvalue weighted by molar-refractivity contribution is 5.28. The molecule has 3 heteroatoms.